The van der Waals surface area contributed by atoms with Crippen LogP contribution in [0.25, 0.3) is 11.0 Å². The summed E-state index contributed by atoms with van der Waals surface area (Å²) in [4.78, 5) is 14.4. The number of aryl methyl sites for hydroxylation is 1. The van der Waals surface area contributed by atoms with E-state index in [1.54, 1.807) is 13.0 Å². The molecule has 0 aliphatic rings. The van der Waals surface area contributed by atoms with Crippen LogP contribution < -0.4 is 0 Å². The normalized spacial score (nSPS) is 12.9. The van der Waals surface area contributed by atoms with E-state index in [0.29, 0.717) is 17.9 Å². The van der Waals surface area contributed by atoms with Crippen LogP contribution in [0.5, 0.6) is 0 Å². The third-order valence-corrected chi connectivity index (χ3v) is 2.66. The van der Waals surface area contributed by atoms with Gasteiger partial charge in [0.2, 0.25) is 0 Å². The number of benzene rings is 1. The topological polar surface area (TPSA) is 81.2 Å². The number of aliphatic hydroxyl groups excluding tert-OH is 1. The number of nitro groups is 1. The monoisotopic (exact) mass is 235 g/mol. The zero-order valence-corrected chi connectivity index (χ0v) is 9.62. The molecule has 0 saturated heterocycles. The Bertz CT molecular complexity index is 575. The maximum absolute atomic E-state index is 10.7. The zero-order valence-electron chi connectivity index (χ0n) is 9.62. The summed E-state index contributed by atoms with van der Waals surface area (Å²) in [6, 6.07) is 4.53. The number of nitro benzene ring substituents is 1. The molecule has 17 heavy (non-hydrogen) atoms. The van der Waals surface area contributed by atoms with Crippen LogP contribution in [0.3, 0.4) is 0 Å². The lowest BCUT2D eigenvalue weighted by molar-refractivity contribution is -0.384. The molecule has 0 amide bonds. The molecule has 0 saturated carbocycles. The molecule has 2 rings (SSSR count). The molecule has 6 heteroatoms. The fraction of sp³-hybridized carbons (Fsp3) is 0.364. The van der Waals surface area contributed by atoms with Crippen LogP contribution in [0.15, 0.2) is 18.2 Å². The highest BCUT2D eigenvalue weighted by molar-refractivity contribution is 5.78. The average molecular weight is 235 g/mol. The summed E-state index contributed by atoms with van der Waals surface area (Å²) in [6.07, 6.45) is -0.693. The Morgan fingerprint density at radius 1 is 1.59 bits per heavy atom. The number of hydrogen-bond donors (Lipinski definition) is 1. The van der Waals surface area contributed by atoms with Gasteiger partial charge in [0.1, 0.15) is 11.9 Å². The first kappa shape index (κ1) is 11.5. The summed E-state index contributed by atoms with van der Waals surface area (Å²) < 4.78 is 1.85. The molecule has 0 fully saturated rings. The second-order valence-corrected chi connectivity index (χ2v) is 3.82. The van der Waals surface area contributed by atoms with Crippen molar-refractivity contribution in [3.63, 3.8) is 0 Å². The largest absolute Gasteiger partial charge is 0.385 e. The Balaban J connectivity index is 2.68. The molecule has 0 aliphatic carbocycles. The number of aromatic nitrogens is 2. The molecule has 6 nitrogen and oxygen atoms in total. The van der Waals surface area contributed by atoms with Gasteiger partial charge in [-0.1, -0.05) is 0 Å². The molecule has 2 aromatic rings. The van der Waals surface area contributed by atoms with Gasteiger partial charge in [0.15, 0.2) is 0 Å². The number of imidazole rings is 1. The molecule has 1 aromatic carbocycles. The Hall–Kier alpha value is -1.95. The average Bonchev–Trinajstić information content (AvgIpc) is 2.66. The van der Waals surface area contributed by atoms with E-state index >= 15 is 0 Å². The van der Waals surface area contributed by atoms with Gasteiger partial charge in [-0.15, -0.1) is 0 Å². The lowest BCUT2D eigenvalue weighted by atomic mass is 10.3. The van der Waals surface area contributed by atoms with E-state index in [2.05, 4.69) is 4.98 Å². The Labute approximate surface area is 97.7 Å². The summed E-state index contributed by atoms with van der Waals surface area (Å²) >= 11 is 0. The van der Waals surface area contributed by atoms with E-state index in [-0.39, 0.29) is 5.69 Å². The molecule has 1 atom stereocenters. The predicted molar refractivity (Wildman–Crippen MR) is 62.7 cm³/mol. The number of hydrogen-bond acceptors (Lipinski definition) is 4. The minimum Gasteiger partial charge on any atom is -0.385 e. The number of fused-ring (bicyclic) bond motifs is 1. The highest BCUT2D eigenvalue weighted by Gasteiger charge is 2.16. The van der Waals surface area contributed by atoms with Crippen molar-refractivity contribution in [2.75, 3.05) is 0 Å². The van der Waals surface area contributed by atoms with Crippen LogP contribution in [-0.2, 0) is 6.54 Å². The lowest BCUT2D eigenvalue weighted by Gasteiger charge is -2.07. The molecule has 0 radical (unpaired) electrons. The van der Waals surface area contributed by atoms with Crippen molar-refractivity contribution in [1.29, 1.82) is 0 Å². The molecule has 0 bridgehead atoms. The lowest BCUT2D eigenvalue weighted by Crippen LogP contribution is -2.04. The van der Waals surface area contributed by atoms with E-state index < -0.39 is 11.0 Å². The van der Waals surface area contributed by atoms with Crippen molar-refractivity contribution in [3.05, 3.63) is 34.1 Å². The SMILES string of the molecule is CCn1c(C(C)O)nc2cc([N+](=O)[O-])ccc21. The summed E-state index contributed by atoms with van der Waals surface area (Å²) in [5.41, 5.74) is 1.35. The predicted octanol–water partition coefficient (Wildman–Crippen LogP) is 2.02. The van der Waals surface area contributed by atoms with Gasteiger partial charge in [-0.2, -0.15) is 0 Å². The molecular formula is C11H13N3O3. The van der Waals surface area contributed by atoms with Crippen LogP contribution in [0.1, 0.15) is 25.8 Å². The van der Waals surface area contributed by atoms with Gasteiger partial charge in [0.05, 0.1) is 16.0 Å². The van der Waals surface area contributed by atoms with Crippen LogP contribution in [0.4, 0.5) is 5.69 Å². The third kappa shape index (κ3) is 1.87. The summed E-state index contributed by atoms with van der Waals surface area (Å²) in [6.45, 7) is 4.23. The van der Waals surface area contributed by atoms with Crippen molar-refractivity contribution < 1.29 is 10.0 Å². The fourth-order valence-electron chi connectivity index (χ4n) is 1.90. The summed E-state index contributed by atoms with van der Waals surface area (Å²) in [7, 11) is 0. The van der Waals surface area contributed by atoms with Gasteiger partial charge < -0.3 is 9.67 Å². The van der Waals surface area contributed by atoms with Crippen LogP contribution in [0.2, 0.25) is 0 Å². The number of nitrogens with zero attached hydrogens (tertiary/aromatic N) is 3. The molecule has 0 aliphatic heterocycles. The van der Waals surface area contributed by atoms with Gasteiger partial charge in [0, 0.05) is 18.7 Å². The second kappa shape index (κ2) is 4.14. The van der Waals surface area contributed by atoms with Gasteiger partial charge in [0.25, 0.3) is 5.69 Å². The number of rotatable bonds is 3. The van der Waals surface area contributed by atoms with Crippen LogP contribution >= 0.6 is 0 Å². The van der Waals surface area contributed by atoms with E-state index in [0.717, 1.165) is 5.52 Å². The Kier molecular flexibility index (Phi) is 2.81. The standard InChI is InChI=1S/C11H13N3O3/c1-3-13-10-5-4-8(14(16)17)6-9(10)12-11(13)7(2)15/h4-7,15H,3H2,1-2H3. The van der Waals surface area contributed by atoms with E-state index in [4.69, 9.17) is 0 Å². The van der Waals surface area contributed by atoms with Crippen molar-refractivity contribution in [2.45, 2.75) is 26.5 Å². The maximum Gasteiger partial charge on any atom is 0.271 e. The highest BCUT2D eigenvalue weighted by atomic mass is 16.6. The van der Waals surface area contributed by atoms with E-state index in [1.807, 2.05) is 11.5 Å². The molecule has 1 unspecified atom stereocenters. The first-order chi connectivity index (χ1) is 8.04. The minimum atomic E-state index is -0.693. The summed E-state index contributed by atoms with van der Waals surface area (Å²) in [5.74, 6) is 0.531. The first-order valence-corrected chi connectivity index (χ1v) is 5.37. The number of non-ortho nitro benzene ring substituents is 1. The van der Waals surface area contributed by atoms with Crippen molar-refractivity contribution in [3.8, 4) is 0 Å². The maximum atomic E-state index is 10.7. The number of aliphatic hydroxyl groups is 1. The molecule has 1 heterocycles. The molecule has 0 spiro atoms. The quantitative estimate of drug-likeness (QED) is 0.651. The van der Waals surface area contributed by atoms with Gasteiger partial charge in [-0.25, -0.2) is 4.98 Å². The zero-order chi connectivity index (χ0) is 12.6. The molecule has 90 valence electrons. The first-order valence-electron chi connectivity index (χ1n) is 5.37. The molecule has 1 N–H and O–H groups in total. The van der Waals surface area contributed by atoms with E-state index in [1.165, 1.54) is 12.1 Å². The van der Waals surface area contributed by atoms with Crippen molar-refractivity contribution in [2.24, 2.45) is 0 Å². The Morgan fingerprint density at radius 2 is 2.29 bits per heavy atom. The fourth-order valence-corrected chi connectivity index (χ4v) is 1.90. The van der Waals surface area contributed by atoms with Crippen molar-refractivity contribution in [1.82, 2.24) is 9.55 Å². The van der Waals surface area contributed by atoms with Crippen LogP contribution in [-0.4, -0.2) is 19.6 Å². The van der Waals surface area contributed by atoms with E-state index in [9.17, 15) is 15.2 Å². The van der Waals surface area contributed by atoms with Gasteiger partial charge in [-0.05, 0) is 19.9 Å². The Morgan fingerprint density at radius 3 is 2.82 bits per heavy atom. The molecular weight excluding hydrogens is 222 g/mol. The highest BCUT2D eigenvalue weighted by Crippen LogP contribution is 2.24. The molecule has 1 aromatic heterocycles. The van der Waals surface area contributed by atoms with Gasteiger partial charge in [-0.3, -0.25) is 10.1 Å². The summed E-state index contributed by atoms with van der Waals surface area (Å²) in [5, 5.41) is 20.3. The van der Waals surface area contributed by atoms with Crippen molar-refractivity contribution >= 4 is 16.7 Å². The minimum absolute atomic E-state index is 0.00963. The third-order valence-electron chi connectivity index (χ3n) is 2.66. The second-order valence-electron chi connectivity index (χ2n) is 3.82. The smallest absolute Gasteiger partial charge is 0.271 e. The van der Waals surface area contributed by atoms with Crippen LogP contribution in [0, 0.1) is 10.1 Å². The van der Waals surface area contributed by atoms with Gasteiger partial charge >= 0.3 is 0 Å².